The van der Waals surface area contributed by atoms with E-state index < -0.39 is 11.9 Å². The molecule has 0 saturated heterocycles. The molecule has 0 radical (unpaired) electrons. The van der Waals surface area contributed by atoms with E-state index in [0.29, 0.717) is 18.5 Å². The van der Waals surface area contributed by atoms with Gasteiger partial charge in [-0.1, -0.05) is 0 Å². The summed E-state index contributed by atoms with van der Waals surface area (Å²) in [6.45, 7) is 0. The van der Waals surface area contributed by atoms with Crippen molar-refractivity contribution in [3.05, 3.63) is 17.0 Å². The van der Waals surface area contributed by atoms with E-state index in [1.807, 2.05) is 0 Å². The van der Waals surface area contributed by atoms with Crippen LogP contribution in [-0.2, 0) is 23.8 Å². The van der Waals surface area contributed by atoms with E-state index in [-0.39, 0.29) is 17.8 Å². The maximum Gasteiger partial charge on any atom is 0.435 e. The molecule has 0 bridgehead atoms. The molecule has 3 nitrogen and oxygen atoms in total. The number of carbonyl (C=O) groups excluding carboxylic acids is 1. The van der Waals surface area contributed by atoms with Gasteiger partial charge in [-0.05, 0) is 6.42 Å². The molecule has 0 atom stereocenters. The number of Topliss-reactive ketones (excluding diaryl/α,β-unsaturated/α-hetero) is 1. The number of aromatic amines is 1. The van der Waals surface area contributed by atoms with Gasteiger partial charge in [-0.25, -0.2) is 0 Å². The number of halogens is 3. The number of aromatic nitrogens is 2. The van der Waals surface area contributed by atoms with E-state index in [2.05, 4.69) is 10.2 Å². The first-order chi connectivity index (χ1) is 6.48. The molecule has 0 aliphatic heterocycles. The molecule has 0 aromatic carbocycles. The van der Waals surface area contributed by atoms with Crippen molar-refractivity contribution in [2.75, 3.05) is 0 Å². The first-order valence-electron chi connectivity index (χ1n) is 4.13. The molecule has 1 aromatic rings. The van der Waals surface area contributed by atoms with Crippen LogP contribution < -0.4 is 0 Å². The zero-order chi connectivity index (χ0) is 10.3. The Kier molecular flexibility index (Phi) is 1.87. The number of hydrogen-bond acceptors (Lipinski definition) is 2. The predicted octanol–water partition coefficient (Wildman–Crippen LogP) is 1.49. The highest BCUT2D eigenvalue weighted by Crippen LogP contribution is 2.33. The number of fused-ring (bicyclic) bond motifs is 1. The lowest BCUT2D eigenvalue weighted by Gasteiger charge is -2.11. The maximum absolute atomic E-state index is 12.3. The Morgan fingerprint density at radius 3 is 2.64 bits per heavy atom. The third kappa shape index (κ3) is 1.40. The molecule has 0 fully saturated rings. The molecule has 0 amide bonds. The van der Waals surface area contributed by atoms with Crippen molar-refractivity contribution in [3.63, 3.8) is 0 Å². The van der Waals surface area contributed by atoms with Gasteiger partial charge in [0.05, 0.1) is 0 Å². The van der Waals surface area contributed by atoms with Crippen LogP contribution in [-0.4, -0.2) is 16.0 Å². The monoisotopic (exact) mass is 204 g/mol. The number of alkyl halides is 3. The average Bonchev–Trinajstić information content (AvgIpc) is 2.45. The third-order valence-electron chi connectivity index (χ3n) is 2.25. The molecule has 1 aliphatic carbocycles. The molecule has 1 aromatic heterocycles. The molecule has 1 aliphatic rings. The van der Waals surface area contributed by atoms with Gasteiger partial charge in [0.15, 0.2) is 5.69 Å². The lowest BCUT2D eigenvalue weighted by molar-refractivity contribution is -0.141. The van der Waals surface area contributed by atoms with Gasteiger partial charge in [0.2, 0.25) is 0 Å². The predicted molar refractivity (Wildman–Crippen MR) is 40.6 cm³/mol. The van der Waals surface area contributed by atoms with Gasteiger partial charge >= 0.3 is 6.18 Å². The van der Waals surface area contributed by atoms with Crippen LogP contribution in [0.15, 0.2) is 0 Å². The van der Waals surface area contributed by atoms with Crippen LogP contribution in [0.2, 0.25) is 0 Å². The molecule has 0 spiro atoms. The van der Waals surface area contributed by atoms with Gasteiger partial charge in [0.1, 0.15) is 5.78 Å². The van der Waals surface area contributed by atoms with Crippen molar-refractivity contribution in [1.29, 1.82) is 0 Å². The Bertz CT molecular complexity index is 380. The Morgan fingerprint density at radius 1 is 1.29 bits per heavy atom. The van der Waals surface area contributed by atoms with Gasteiger partial charge < -0.3 is 0 Å². The quantitative estimate of drug-likeness (QED) is 0.695. The summed E-state index contributed by atoms with van der Waals surface area (Å²) in [7, 11) is 0. The van der Waals surface area contributed by atoms with Crippen molar-refractivity contribution in [3.8, 4) is 0 Å². The standard InChI is InChI=1S/C8H7F3N2O/c9-8(10,11)7-5-3-4(14)1-2-6(5)12-13-7/h1-3H2,(H,12,13). The number of hydrogen-bond donors (Lipinski definition) is 1. The van der Waals surface area contributed by atoms with E-state index >= 15 is 0 Å². The number of nitrogens with zero attached hydrogens (tertiary/aromatic N) is 1. The number of H-pyrrole nitrogens is 1. The van der Waals surface area contributed by atoms with E-state index in [9.17, 15) is 18.0 Å². The highest BCUT2D eigenvalue weighted by Gasteiger charge is 2.39. The highest BCUT2D eigenvalue weighted by molar-refractivity contribution is 5.83. The number of aryl methyl sites for hydroxylation is 1. The summed E-state index contributed by atoms with van der Waals surface area (Å²) in [6.07, 6.45) is -3.99. The fourth-order valence-corrected chi connectivity index (χ4v) is 1.58. The Balaban J connectivity index is 2.45. The minimum atomic E-state index is -4.47. The molecule has 14 heavy (non-hydrogen) atoms. The molecule has 1 N–H and O–H groups in total. The summed E-state index contributed by atoms with van der Waals surface area (Å²) in [5.41, 5.74) is -0.480. The first-order valence-corrected chi connectivity index (χ1v) is 4.13. The van der Waals surface area contributed by atoms with Crippen LogP contribution in [0, 0.1) is 0 Å². The van der Waals surface area contributed by atoms with Crippen LogP contribution >= 0.6 is 0 Å². The first kappa shape index (κ1) is 9.23. The van der Waals surface area contributed by atoms with E-state index in [1.54, 1.807) is 0 Å². The van der Waals surface area contributed by atoms with Gasteiger partial charge in [-0.2, -0.15) is 18.3 Å². The number of carbonyl (C=O) groups is 1. The van der Waals surface area contributed by atoms with Crippen molar-refractivity contribution in [1.82, 2.24) is 10.2 Å². The number of rotatable bonds is 0. The topological polar surface area (TPSA) is 45.8 Å². The molecule has 0 saturated carbocycles. The number of nitrogens with one attached hydrogen (secondary N) is 1. The SMILES string of the molecule is O=C1CCc2[nH]nc(C(F)(F)F)c2C1. The van der Waals surface area contributed by atoms with E-state index in [0.717, 1.165) is 0 Å². The van der Waals surface area contributed by atoms with Crippen LogP contribution in [0.4, 0.5) is 13.2 Å². The maximum atomic E-state index is 12.3. The molecular weight excluding hydrogens is 197 g/mol. The molecule has 0 unspecified atom stereocenters. The lowest BCUT2D eigenvalue weighted by atomic mass is 9.95. The van der Waals surface area contributed by atoms with Crippen molar-refractivity contribution < 1.29 is 18.0 Å². The average molecular weight is 204 g/mol. The second kappa shape index (κ2) is 2.83. The van der Waals surface area contributed by atoms with Gasteiger partial charge in [-0.3, -0.25) is 9.89 Å². The minimum absolute atomic E-state index is 0.0220. The van der Waals surface area contributed by atoms with Crippen molar-refractivity contribution >= 4 is 5.78 Å². The summed E-state index contributed by atoms with van der Waals surface area (Å²) in [6, 6.07) is 0. The molecular formula is C8H7F3N2O. The Morgan fingerprint density at radius 2 is 2.00 bits per heavy atom. The molecule has 6 heteroatoms. The van der Waals surface area contributed by atoms with Crippen LogP contribution in [0.25, 0.3) is 0 Å². The summed E-state index contributed by atoms with van der Waals surface area (Å²) >= 11 is 0. The minimum Gasteiger partial charge on any atom is -0.299 e. The third-order valence-corrected chi connectivity index (χ3v) is 2.25. The highest BCUT2D eigenvalue weighted by atomic mass is 19.4. The lowest BCUT2D eigenvalue weighted by Crippen LogP contribution is -2.16. The second-order valence-electron chi connectivity index (χ2n) is 3.24. The summed E-state index contributed by atoms with van der Waals surface area (Å²) in [5, 5.41) is 5.53. The molecule has 76 valence electrons. The van der Waals surface area contributed by atoms with Crippen molar-refractivity contribution in [2.24, 2.45) is 0 Å². The van der Waals surface area contributed by atoms with E-state index in [1.165, 1.54) is 0 Å². The van der Waals surface area contributed by atoms with Crippen LogP contribution in [0.1, 0.15) is 23.4 Å². The van der Waals surface area contributed by atoms with Gasteiger partial charge in [-0.15, -0.1) is 0 Å². The largest absolute Gasteiger partial charge is 0.435 e. The fraction of sp³-hybridized carbons (Fsp3) is 0.500. The zero-order valence-electron chi connectivity index (χ0n) is 7.11. The summed E-state index contributed by atoms with van der Waals surface area (Å²) < 4.78 is 37.0. The summed E-state index contributed by atoms with van der Waals surface area (Å²) in [5.74, 6) is -0.163. The molecule has 2 rings (SSSR count). The van der Waals surface area contributed by atoms with Crippen LogP contribution in [0.3, 0.4) is 0 Å². The fourth-order valence-electron chi connectivity index (χ4n) is 1.58. The zero-order valence-corrected chi connectivity index (χ0v) is 7.11. The normalized spacial score (nSPS) is 16.9. The van der Waals surface area contributed by atoms with Gasteiger partial charge in [0, 0.05) is 24.1 Å². The molecule has 1 heterocycles. The smallest absolute Gasteiger partial charge is 0.299 e. The second-order valence-corrected chi connectivity index (χ2v) is 3.24. The summed E-state index contributed by atoms with van der Waals surface area (Å²) in [4.78, 5) is 11.0. The Labute approximate surface area is 77.3 Å². The Hall–Kier alpha value is -1.33. The number of ketones is 1. The van der Waals surface area contributed by atoms with Gasteiger partial charge in [0.25, 0.3) is 0 Å². The van der Waals surface area contributed by atoms with E-state index in [4.69, 9.17) is 0 Å². The van der Waals surface area contributed by atoms with Crippen LogP contribution in [0.5, 0.6) is 0 Å². The van der Waals surface area contributed by atoms with Crippen molar-refractivity contribution in [2.45, 2.75) is 25.4 Å².